The highest BCUT2D eigenvalue weighted by Gasteiger charge is 2.30. The minimum atomic E-state index is 0.0115. The number of carbonyl (C=O) groups excluding carboxylic acids is 1. The van der Waals surface area contributed by atoms with Crippen LogP contribution in [0.5, 0.6) is 0 Å². The van der Waals surface area contributed by atoms with E-state index in [2.05, 4.69) is 6.08 Å². The molecule has 1 atom stereocenters. The second-order valence-corrected chi connectivity index (χ2v) is 3.66. The lowest BCUT2D eigenvalue weighted by atomic mass is 9.96. The highest BCUT2D eigenvalue weighted by Crippen LogP contribution is 2.21. The Labute approximate surface area is 81.5 Å². The fourth-order valence-electron chi connectivity index (χ4n) is 2.18. The van der Waals surface area contributed by atoms with Gasteiger partial charge in [0, 0.05) is 5.57 Å². The lowest BCUT2D eigenvalue weighted by Gasteiger charge is -2.11. The lowest BCUT2D eigenvalue weighted by molar-refractivity contribution is -0.114. The zero-order chi connectivity index (χ0) is 9.54. The molecule has 1 fully saturated rings. The topological polar surface area (TPSA) is 26.3 Å². The largest absolute Gasteiger partial charge is 0.365 e. The number of Topliss-reactive ketones (excluding diaryl/α,β-unsaturated/α-hetero) is 1. The summed E-state index contributed by atoms with van der Waals surface area (Å²) in [6, 6.07) is 8.01. The summed E-state index contributed by atoms with van der Waals surface area (Å²) in [5.74, 6) is 0.149. The maximum Gasteiger partial charge on any atom is 0.187 e. The summed E-state index contributed by atoms with van der Waals surface area (Å²) in [5.41, 5.74) is 0.878. The maximum atomic E-state index is 11.6. The Morgan fingerprint density at radius 2 is 2.14 bits per heavy atom. The van der Waals surface area contributed by atoms with E-state index >= 15 is 0 Å². The van der Waals surface area contributed by atoms with Crippen LogP contribution in [0.1, 0.15) is 6.42 Å². The van der Waals surface area contributed by atoms with Crippen molar-refractivity contribution in [3.8, 4) is 0 Å². The fraction of sp³-hybridized carbons (Fsp3) is 0.250. The quantitative estimate of drug-likeness (QED) is 0.569. The van der Waals surface area contributed by atoms with Gasteiger partial charge >= 0.3 is 0 Å². The van der Waals surface area contributed by atoms with E-state index in [0.29, 0.717) is 0 Å². The van der Waals surface area contributed by atoms with Crippen LogP contribution in [-0.4, -0.2) is 18.5 Å². The summed E-state index contributed by atoms with van der Waals surface area (Å²) in [5, 5.41) is 2.23. The molecule has 0 aromatic heterocycles. The van der Waals surface area contributed by atoms with Crippen LogP contribution in [0, 0.1) is 0 Å². The van der Waals surface area contributed by atoms with Crippen molar-refractivity contribution in [1.82, 2.24) is 0 Å². The van der Waals surface area contributed by atoms with Gasteiger partial charge in [-0.2, -0.15) is 0 Å². The molecular weight excluding hydrogens is 176 g/mol. The first-order valence-corrected chi connectivity index (χ1v) is 4.80. The predicted molar refractivity (Wildman–Crippen MR) is 52.9 cm³/mol. The summed E-state index contributed by atoms with van der Waals surface area (Å²) >= 11 is 0. The molecule has 2 aliphatic rings. The molecule has 3 rings (SSSR count). The molecule has 0 bridgehead atoms. The van der Waals surface area contributed by atoms with Crippen LogP contribution in [0.4, 0.5) is 0 Å². The van der Waals surface area contributed by atoms with Crippen LogP contribution in [0.15, 0.2) is 24.3 Å². The van der Waals surface area contributed by atoms with Crippen molar-refractivity contribution in [2.45, 2.75) is 12.5 Å². The fourth-order valence-corrected chi connectivity index (χ4v) is 2.18. The lowest BCUT2D eigenvalue weighted by Crippen LogP contribution is -2.34. The molecule has 1 unspecified atom stereocenters. The smallest absolute Gasteiger partial charge is 0.187 e. The monoisotopic (exact) mass is 186 g/mol. The number of rotatable bonds is 0. The van der Waals surface area contributed by atoms with Gasteiger partial charge in [0.2, 0.25) is 0 Å². The van der Waals surface area contributed by atoms with Gasteiger partial charge in [0.1, 0.15) is 6.61 Å². The number of fused-ring (bicyclic) bond motifs is 2. The third-order valence-corrected chi connectivity index (χ3v) is 2.84. The number of benzene rings is 1. The van der Waals surface area contributed by atoms with Crippen LogP contribution in [0.25, 0.3) is 11.6 Å². The molecule has 70 valence electrons. The molecule has 1 aliphatic carbocycles. The van der Waals surface area contributed by atoms with E-state index in [1.54, 1.807) is 0 Å². The molecule has 0 amide bonds. The zero-order valence-corrected chi connectivity index (χ0v) is 7.69. The molecule has 1 aromatic rings. The predicted octanol–water partition coefficient (Wildman–Crippen LogP) is -0.0106. The summed E-state index contributed by atoms with van der Waals surface area (Å²) in [7, 11) is 0. The van der Waals surface area contributed by atoms with Crippen molar-refractivity contribution in [2.75, 3.05) is 6.61 Å². The van der Waals surface area contributed by atoms with E-state index in [9.17, 15) is 4.79 Å². The van der Waals surface area contributed by atoms with E-state index in [1.807, 2.05) is 24.3 Å². The Morgan fingerprint density at radius 1 is 1.29 bits per heavy atom. The van der Waals surface area contributed by atoms with Gasteiger partial charge in [0.05, 0.1) is 6.10 Å². The van der Waals surface area contributed by atoms with Crippen LogP contribution in [0.3, 0.4) is 0 Å². The molecule has 0 radical (unpaired) electrons. The van der Waals surface area contributed by atoms with E-state index in [-0.39, 0.29) is 18.5 Å². The number of ketones is 1. The number of ether oxygens (including phenoxy) is 1. The zero-order valence-electron chi connectivity index (χ0n) is 7.69. The summed E-state index contributed by atoms with van der Waals surface area (Å²) in [6.07, 6.45) is 2.98. The van der Waals surface area contributed by atoms with Gasteiger partial charge in [-0.3, -0.25) is 4.79 Å². The first-order chi connectivity index (χ1) is 6.86. The van der Waals surface area contributed by atoms with E-state index in [4.69, 9.17) is 4.74 Å². The summed E-state index contributed by atoms with van der Waals surface area (Å²) in [6.45, 7) is 0.252. The molecule has 0 spiro atoms. The Balaban J connectivity index is 2.43. The van der Waals surface area contributed by atoms with Gasteiger partial charge in [-0.05, 0) is 16.9 Å². The third-order valence-electron chi connectivity index (χ3n) is 2.84. The first-order valence-electron chi connectivity index (χ1n) is 4.80. The first kappa shape index (κ1) is 7.94. The molecule has 2 heteroatoms. The maximum absolute atomic E-state index is 11.6. The molecule has 0 N–H and O–H groups in total. The number of carbonyl (C=O) groups is 1. The van der Waals surface area contributed by atoms with Crippen molar-refractivity contribution in [1.29, 1.82) is 0 Å². The van der Waals surface area contributed by atoms with Gasteiger partial charge in [-0.1, -0.05) is 30.3 Å². The molecule has 1 aliphatic heterocycles. The Morgan fingerprint density at radius 3 is 3.07 bits per heavy atom. The van der Waals surface area contributed by atoms with E-state index in [1.165, 1.54) is 0 Å². The van der Waals surface area contributed by atoms with Gasteiger partial charge in [0.15, 0.2) is 5.78 Å². The molecule has 14 heavy (non-hydrogen) atoms. The average Bonchev–Trinajstić information content (AvgIpc) is 2.61. The Hall–Kier alpha value is -1.41. The molecule has 1 saturated heterocycles. The highest BCUT2D eigenvalue weighted by atomic mass is 16.5. The number of hydrogen-bond donors (Lipinski definition) is 0. The highest BCUT2D eigenvalue weighted by molar-refractivity contribution is 6.19. The minimum Gasteiger partial charge on any atom is -0.365 e. The van der Waals surface area contributed by atoms with Crippen molar-refractivity contribution in [2.24, 2.45) is 0 Å². The van der Waals surface area contributed by atoms with E-state index < -0.39 is 0 Å². The van der Waals surface area contributed by atoms with Gasteiger partial charge in [-0.25, -0.2) is 0 Å². The molecule has 0 saturated carbocycles. The van der Waals surface area contributed by atoms with Crippen LogP contribution in [0.2, 0.25) is 0 Å². The molecular formula is C12H10O2. The van der Waals surface area contributed by atoms with E-state index in [0.717, 1.165) is 22.4 Å². The van der Waals surface area contributed by atoms with Crippen molar-refractivity contribution in [3.63, 3.8) is 0 Å². The SMILES string of the molecule is O=C1COC2CC=c3ccccc3=C12. The van der Waals surface area contributed by atoms with Crippen molar-refractivity contribution >= 4 is 17.4 Å². The standard InChI is InChI=1S/C12H10O2/c13-10-7-14-11-6-5-8-3-1-2-4-9(8)12(10)11/h1-5,11H,6-7H2. The third kappa shape index (κ3) is 0.976. The molecule has 1 aromatic carbocycles. The van der Waals surface area contributed by atoms with Gasteiger partial charge in [0.25, 0.3) is 0 Å². The second kappa shape index (κ2) is 2.79. The van der Waals surface area contributed by atoms with Crippen LogP contribution in [-0.2, 0) is 9.53 Å². The van der Waals surface area contributed by atoms with Gasteiger partial charge < -0.3 is 4.74 Å². The van der Waals surface area contributed by atoms with Crippen molar-refractivity contribution < 1.29 is 9.53 Å². The van der Waals surface area contributed by atoms with Gasteiger partial charge in [-0.15, -0.1) is 0 Å². The normalized spacial score (nSPS) is 24.1. The van der Waals surface area contributed by atoms with Crippen LogP contribution < -0.4 is 10.4 Å². The average molecular weight is 186 g/mol. The molecule has 1 heterocycles. The molecule has 2 nitrogen and oxygen atoms in total. The second-order valence-electron chi connectivity index (χ2n) is 3.66. The summed E-state index contributed by atoms with van der Waals surface area (Å²) < 4.78 is 5.41. The van der Waals surface area contributed by atoms with Crippen molar-refractivity contribution in [3.05, 3.63) is 34.7 Å². The summed E-state index contributed by atoms with van der Waals surface area (Å²) in [4.78, 5) is 11.6. The van der Waals surface area contributed by atoms with Crippen LogP contribution >= 0.6 is 0 Å². The Bertz CT molecular complexity index is 513. The Kier molecular flexibility index (Phi) is 1.58. The number of hydrogen-bond acceptors (Lipinski definition) is 2. The minimum absolute atomic E-state index is 0.0115.